The first-order valence-electron chi connectivity index (χ1n) is 8.96. The van der Waals surface area contributed by atoms with Crippen LogP contribution in [0.2, 0.25) is 0 Å². The maximum atomic E-state index is 5.89. The summed E-state index contributed by atoms with van der Waals surface area (Å²) in [5, 5.41) is 8.96. The molecule has 5 heteroatoms. The monoisotopic (exact) mass is 346 g/mol. The standard InChI is InChI=1S/C21H22N4O/c1-15-13-25(14-16(2)26-15)21-19(17-9-5-3-6-10-17)23-24-20(22-21)18-11-7-4-8-12-18/h3-12,15-16H,13-14H2,1-2H3/t15-,16+. The molecule has 1 aromatic heterocycles. The molecule has 132 valence electrons. The molecule has 4 rings (SSSR count). The number of aromatic nitrogens is 3. The summed E-state index contributed by atoms with van der Waals surface area (Å²) >= 11 is 0. The number of nitrogens with zero attached hydrogens (tertiary/aromatic N) is 4. The second kappa shape index (κ2) is 7.22. The van der Waals surface area contributed by atoms with Gasteiger partial charge in [-0.1, -0.05) is 60.7 Å². The average Bonchev–Trinajstić information content (AvgIpc) is 2.68. The summed E-state index contributed by atoms with van der Waals surface area (Å²) in [6.07, 6.45) is 0.301. The Hall–Kier alpha value is -2.79. The quantitative estimate of drug-likeness (QED) is 0.722. The van der Waals surface area contributed by atoms with Crippen molar-refractivity contribution >= 4 is 5.82 Å². The number of anilines is 1. The minimum absolute atomic E-state index is 0.150. The molecule has 1 fully saturated rings. The van der Waals surface area contributed by atoms with Crippen molar-refractivity contribution in [2.45, 2.75) is 26.1 Å². The van der Waals surface area contributed by atoms with E-state index in [0.717, 1.165) is 35.7 Å². The average molecular weight is 346 g/mol. The van der Waals surface area contributed by atoms with Gasteiger partial charge in [-0.3, -0.25) is 0 Å². The zero-order valence-corrected chi connectivity index (χ0v) is 15.0. The number of benzene rings is 2. The topological polar surface area (TPSA) is 51.1 Å². The third-order valence-electron chi connectivity index (χ3n) is 4.47. The summed E-state index contributed by atoms with van der Waals surface area (Å²) in [5.74, 6) is 1.51. The first kappa shape index (κ1) is 16.7. The molecule has 1 saturated heterocycles. The third-order valence-corrected chi connectivity index (χ3v) is 4.47. The van der Waals surface area contributed by atoms with E-state index in [4.69, 9.17) is 9.72 Å². The van der Waals surface area contributed by atoms with Crippen molar-refractivity contribution < 1.29 is 4.74 Å². The summed E-state index contributed by atoms with van der Waals surface area (Å²) in [7, 11) is 0. The highest BCUT2D eigenvalue weighted by molar-refractivity contribution is 5.73. The second-order valence-corrected chi connectivity index (χ2v) is 6.70. The van der Waals surface area contributed by atoms with E-state index in [0.29, 0.717) is 5.82 Å². The molecular weight excluding hydrogens is 324 g/mol. The van der Waals surface area contributed by atoms with Gasteiger partial charge in [0.15, 0.2) is 11.6 Å². The predicted octanol–water partition coefficient (Wildman–Crippen LogP) is 3.82. The van der Waals surface area contributed by atoms with E-state index in [9.17, 15) is 0 Å². The molecule has 0 radical (unpaired) electrons. The van der Waals surface area contributed by atoms with Gasteiger partial charge in [-0.2, -0.15) is 0 Å². The van der Waals surface area contributed by atoms with E-state index in [2.05, 4.69) is 28.9 Å². The van der Waals surface area contributed by atoms with Crippen molar-refractivity contribution in [3.05, 3.63) is 60.7 Å². The van der Waals surface area contributed by atoms with Gasteiger partial charge in [0.25, 0.3) is 0 Å². The van der Waals surface area contributed by atoms with Crippen LogP contribution >= 0.6 is 0 Å². The van der Waals surface area contributed by atoms with Crippen molar-refractivity contribution in [2.75, 3.05) is 18.0 Å². The van der Waals surface area contributed by atoms with Gasteiger partial charge in [-0.05, 0) is 13.8 Å². The molecule has 5 nitrogen and oxygen atoms in total. The summed E-state index contributed by atoms with van der Waals surface area (Å²) in [4.78, 5) is 7.17. The number of hydrogen-bond acceptors (Lipinski definition) is 5. The minimum Gasteiger partial charge on any atom is -0.372 e. The molecule has 2 atom stereocenters. The SMILES string of the molecule is C[C@@H]1CN(c2nc(-c3ccccc3)nnc2-c2ccccc2)C[C@H](C)O1. The molecule has 2 heterocycles. The second-order valence-electron chi connectivity index (χ2n) is 6.70. The number of morpholine rings is 1. The Labute approximate surface area is 153 Å². The lowest BCUT2D eigenvalue weighted by atomic mass is 10.1. The number of hydrogen-bond donors (Lipinski definition) is 0. The minimum atomic E-state index is 0.150. The largest absolute Gasteiger partial charge is 0.372 e. The third kappa shape index (κ3) is 3.44. The number of ether oxygens (including phenoxy) is 1. The normalized spacial score (nSPS) is 20.2. The molecule has 3 aromatic rings. The highest BCUT2D eigenvalue weighted by Crippen LogP contribution is 2.30. The molecule has 0 amide bonds. The van der Waals surface area contributed by atoms with Gasteiger partial charge >= 0.3 is 0 Å². The lowest BCUT2D eigenvalue weighted by Crippen LogP contribution is -2.46. The molecule has 0 saturated carbocycles. The van der Waals surface area contributed by atoms with Crippen LogP contribution in [0.3, 0.4) is 0 Å². The Morgan fingerprint density at radius 1 is 0.808 bits per heavy atom. The zero-order valence-electron chi connectivity index (χ0n) is 15.0. The molecule has 0 spiro atoms. The zero-order chi connectivity index (χ0) is 17.9. The van der Waals surface area contributed by atoms with Crippen LogP contribution in [-0.4, -0.2) is 40.5 Å². The smallest absolute Gasteiger partial charge is 0.183 e. The van der Waals surface area contributed by atoms with Crippen LogP contribution in [0.25, 0.3) is 22.6 Å². The van der Waals surface area contributed by atoms with Crippen molar-refractivity contribution in [2.24, 2.45) is 0 Å². The lowest BCUT2D eigenvalue weighted by molar-refractivity contribution is -0.00544. The Morgan fingerprint density at radius 2 is 1.38 bits per heavy atom. The van der Waals surface area contributed by atoms with E-state index in [1.807, 2.05) is 60.7 Å². The van der Waals surface area contributed by atoms with Gasteiger partial charge in [0.1, 0.15) is 5.69 Å². The number of rotatable bonds is 3. The van der Waals surface area contributed by atoms with Crippen LogP contribution in [0.15, 0.2) is 60.7 Å². The van der Waals surface area contributed by atoms with Gasteiger partial charge in [0.2, 0.25) is 0 Å². The Kier molecular flexibility index (Phi) is 4.63. The van der Waals surface area contributed by atoms with Crippen LogP contribution in [-0.2, 0) is 4.74 Å². The Bertz CT molecular complexity index is 860. The van der Waals surface area contributed by atoms with Crippen LogP contribution in [0.5, 0.6) is 0 Å². The molecule has 1 aliphatic rings. The molecule has 0 N–H and O–H groups in total. The maximum Gasteiger partial charge on any atom is 0.183 e. The molecule has 0 aliphatic carbocycles. The van der Waals surface area contributed by atoms with E-state index in [1.54, 1.807) is 0 Å². The van der Waals surface area contributed by atoms with Crippen LogP contribution in [0.1, 0.15) is 13.8 Å². The van der Waals surface area contributed by atoms with Gasteiger partial charge < -0.3 is 9.64 Å². The van der Waals surface area contributed by atoms with Gasteiger partial charge in [-0.15, -0.1) is 10.2 Å². The maximum absolute atomic E-state index is 5.89. The van der Waals surface area contributed by atoms with Crippen molar-refractivity contribution in [3.63, 3.8) is 0 Å². The fourth-order valence-electron chi connectivity index (χ4n) is 3.38. The summed E-state index contributed by atoms with van der Waals surface area (Å²) in [6, 6.07) is 20.1. The molecule has 0 bridgehead atoms. The van der Waals surface area contributed by atoms with Crippen molar-refractivity contribution in [1.29, 1.82) is 0 Å². The van der Waals surface area contributed by atoms with E-state index in [-0.39, 0.29) is 12.2 Å². The van der Waals surface area contributed by atoms with Crippen LogP contribution < -0.4 is 4.90 Å². The van der Waals surface area contributed by atoms with Crippen LogP contribution in [0, 0.1) is 0 Å². The fraction of sp³-hybridized carbons (Fsp3) is 0.286. The van der Waals surface area contributed by atoms with Gasteiger partial charge in [0, 0.05) is 24.2 Å². The molecule has 2 aromatic carbocycles. The van der Waals surface area contributed by atoms with Gasteiger partial charge in [0.05, 0.1) is 12.2 Å². The Balaban J connectivity index is 1.82. The molecular formula is C21H22N4O. The fourth-order valence-corrected chi connectivity index (χ4v) is 3.38. The molecule has 0 unspecified atom stereocenters. The lowest BCUT2D eigenvalue weighted by Gasteiger charge is -2.36. The first-order chi connectivity index (χ1) is 12.7. The highest BCUT2D eigenvalue weighted by atomic mass is 16.5. The molecule has 1 aliphatic heterocycles. The first-order valence-corrected chi connectivity index (χ1v) is 8.96. The van der Waals surface area contributed by atoms with E-state index in [1.165, 1.54) is 0 Å². The van der Waals surface area contributed by atoms with Crippen molar-refractivity contribution in [1.82, 2.24) is 15.2 Å². The van der Waals surface area contributed by atoms with E-state index >= 15 is 0 Å². The highest BCUT2D eigenvalue weighted by Gasteiger charge is 2.26. The summed E-state index contributed by atoms with van der Waals surface area (Å²) in [6.45, 7) is 5.77. The van der Waals surface area contributed by atoms with Crippen molar-refractivity contribution in [3.8, 4) is 22.6 Å². The summed E-state index contributed by atoms with van der Waals surface area (Å²) < 4.78 is 5.89. The van der Waals surface area contributed by atoms with Crippen LogP contribution in [0.4, 0.5) is 5.82 Å². The summed E-state index contributed by atoms with van der Waals surface area (Å²) in [5.41, 5.74) is 2.80. The van der Waals surface area contributed by atoms with E-state index < -0.39 is 0 Å². The predicted molar refractivity (Wildman–Crippen MR) is 103 cm³/mol. The molecule has 26 heavy (non-hydrogen) atoms. The van der Waals surface area contributed by atoms with Gasteiger partial charge in [-0.25, -0.2) is 4.98 Å². The Morgan fingerprint density at radius 3 is 2.00 bits per heavy atom.